The predicted octanol–water partition coefficient (Wildman–Crippen LogP) is 3.48. The highest BCUT2D eigenvalue weighted by molar-refractivity contribution is 5.91. The fourth-order valence-electron chi connectivity index (χ4n) is 2.75. The number of amides is 1. The van der Waals surface area contributed by atoms with E-state index >= 15 is 0 Å². The van der Waals surface area contributed by atoms with E-state index in [-0.39, 0.29) is 18.0 Å². The van der Waals surface area contributed by atoms with E-state index in [1.165, 1.54) is 6.92 Å². The summed E-state index contributed by atoms with van der Waals surface area (Å²) >= 11 is 0. The predicted molar refractivity (Wildman–Crippen MR) is 99.0 cm³/mol. The number of hydrogen-bond acceptors (Lipinski definition) is 3. The fraction of sp³-hybridized carbons (Fsp3) is 0.200. The average Bonchev–Trinajstić information content (AvgIpc) is 2.61. The van der Waals surface area contributed by atoms with Crippen LogP contribution in [0.4, 0.5) is 5.69 Å². The maximum Gasteiger partial charge on any atom is 0.253 e. The van der Waals surface area contributed by atoms with E-state index in [4.69, 9.17) is 4.74 Å². The first kappa shape index (κ1) is 16.8. The number of fused-ring (bicyclic) bond motifs is 1. The fourth-order valence-corrected chi connectivity index (χ4v) is 2.75. The highest BCUT2D eigenvalue weighted by Crippen LogP contribution is 2.21. The number of para-hydroxylation sites is 1. The molecule has 0 aliphatic carbocycles. The lowest BCUT2D eigenvalue weighted by molar-refractivity contribution is -0.116. The van der Waals surface area contributed by atoms with Crippen molar-refractivity contribution in [1.82, 2.24) is 4.98 Å². The number of aromatic nitrogens is 1. The van der Waals surface area contributed by atoms with Crippen molar-refractivity contribution in [2.75, 3.05) is 11.5 Å². The maximum absolute atomic E-state index is 12.3. The highest BCUT2D eigenvalue weighted by Gasteiger charge is 2.15. The average molecular weight is 336 g/mol. The number of pyridine rings is 1. The van der Waals surface area contributed by atoms with E-state index in [0.29, 0.717) is 12.2 Å². The summed E-state index contributed by atoms with van der Waals surface area (Å²) in [6.45, 7) is 4.21. The zero-order chi connectivity index (χ0) is 17.8. The second kappa shape index (κ2) is 7.21. The number of carbonyl (C=O) groups is 1. The Morgan fingerprint density at radius 1 is 1.12 bits per heavy atom. The number of ether oxygens (including phenoxy) is 1. The molecule has 1 N–H and O–H groups in total. The molecule has 1 aromatic heterocycles. The lowest BCUT2D eigenvalue weighted by Gasteiger charge is -2.21. The van der Waals surface area contributed by atoms with Gasteiger partial charge in [0.05, 0.1) is 13.2 Å². The molecule has 0 radical (unpaired) electrons. The number of H-pyrrole nitrogens is 1. The summed E-state index contributed by atoms with van der Waals surface area (Å²) in [4.78, 5) is 28.9. The number of anilines is 1. The first-order valence-electron chi connectivity index (χ1n) is 8.20. The Morgan fingerprint density at radius 3 is 2.52 bits per heavy atom. The van der Waals surface area contributed by atoms with Gasteiger partial charge < -0.3 is 14.6 Å². The molecule has 0 aliphatic heterocycles. The summed E-state index contributed by atoms with van der Waals surface area (Å²) in [5, 5.41) is 0.937. The van der Waals surface area contributed by atoms with Crippen LogP contribution in [0, 0.1) is 0 Å². The number of aromatic amines is 1. The molecule has 0 saturated carbocycles. The molecule has 0 aliphatic rings. The minimum Gasteiger partial charge on any atom is -0.494 e. The van der Waals surface area contributed by atoms with E-state index in [1.54, 1.807) is 4.90 Å². The molecule has 0 saturated heterocycles. The zero-order valence-corrected chi connectivity index (χ0v) is 14.3. The summed E-state index contributed by atoms with van der Waals surface area (Å²) < 4.78 is 5.43. The van der Waals surface area contributed by atoms with Crippen LogP contribution in [0.5, 0.6) is 5.75 Å². The highest BCUT2D eigenvalue weighted by atomic mass is 16.5. The second-order valence-electron chi connectivity index (χ2n) is 5.74. The third-order valence-corrected chi connectivity index (χ3v) is 4.00. The van der Waals surface area contributed by atoms with Gasteiger partial charge in [-0.15, -0.1) is 0 Å². The molecule has 0 atom stereocenters. The van der Waals surface area contributed by atoms with Crippen LogP contribution in [0.15, 0.2) is 59.4 Å². The smallest absolute Gasteiger partial charge is 0.253 e. The molecule has 0 fully saturated rings. The minimum absolute atomic E-state index is 0.128. The lowest BCUT2D eigenvalue weighted by Crippen LogP contribution is -2.30. The van der Waals surface area contributed by atoms with E-state index in [0.717, 1.165) is 22.3 Å². The van der Waals surface area contributed by atoms with Gasteiger partial charge in [-0.1, -0.05) is 18.2 Å². The van der Waals surface area contributed by atoms with Gasteiger partial charge in [0, 0.05) is 23.7 Å². The van der Waals surface area contributed by atoms with Gasteiger partial charge in [-0.25, -0.2) is 0 Å². The van der Waals surface area contributed by atoms with Crippen LogP contribution in [0.2, 0.25) is 0 Å². The standard InChI is InChI=1S/C20H20N2O3/c1-3-25-18-10-8-17(9-11-18)22(14(2)23)13-16-12-15-6-4-5-7-19(15)21-20(16)24/h4-12H,3,13H2,1-2H3,(H,21,24). The van der Waals surface area contributed by atoms with Crippen molar-refractivity contribution >= 4 is 22.5 Å². The van der Waals surface area contributed by atoms with Gasteiger partial charge in [-0.3, -0.25) is 9.59 Å². The van der Waals surface area contributed by atoms with Crippen LogP contribution in [0.1, 0.15) is 19.4 Å². The molecular formula is C20H20N2O3. The van der Waals surface area contributed by atoms with E-state index in [1.807, 2.05) is 61.5 Å². The summed E-state index contributed by atoms with van der Waals surface area (Å²) in [5.74, 6) is 0.620. The molecule has 5 heteroatoms. The van der Waals surface area contributed by atoms with E-state index < -0.39 is 0 Å². The van der Waals surface area contributed by atoms with Crippen LogP contribution in [0.25, 0.3) is 10.9 Å². The molecule has 0 bridgehead atoms. The Bertz CT molecular complexity index is 945. The molecule has 0 unspecified atom stereocenters. The number of rotatable bonds is 5. The molecule has 1 heterocycles. The normalized spacial score (nSPS) is 10.6. The van der Waals surface area contributed by atoms with Gasteiger partial charge in [-0.2, -0.15) is 0 Å². The molecule has 128 valence electrons. The first-order chi connectivity index (χ1) is 12.1. The van der Waals surface area contributed by atoms with Gasteiger partial charge in [0.15, 0.2) is 0 Å². The molecule has 25 heavy (non-hydrogen) atoms. The summed E-state index contributed by atoms with van der Waals surface area (Å²) in [5.41, 5.74) is 1.87. The molecule has 5 nitrogen and oxygen atoms in total. The quantitative estimate of drug-likeness (QED) is 0.776. The van der Waals surface area contributed by atoms with Crippen LogP contribution in [-0.4, -0.2) is 17.5 Å². The second-order valence-corrected chi connectivity index (χ2v) is 5.74. The molecular weight excluding hydrogens is 316 g/mol. The summed E-state index contributed by atoms with van der Waals surface area (Å²) in [7, 11) is 0. The Kier molecular flexibility index (Phi) is 4.84. The molecule has 1 amide bonds. The first-order valence-corrected chi connectivity index (χ1v) is 8.20. The Balaban J connectivity index is 1.93. The van der Waals surface area contributed by atoms with E-state index in [9.17, 15) is 9.59 Å². The van der Waals surface area contributed by atoms with Gasteiger partial charge in [0.2, 0.25) is 5.91 Å². The van der Waals surface area contributed by atoms with Crippen molar-refractivity contribution < 1.29 is 9.53 Å². The van der Waals surface area contributed by atoms with Crippen molar-refractivity contribution in [1.29, 1.82) is 0 Å². The summed E-state index contributed by atoms with van der Waals surface area (Å²) in [6, 6.07) is 16.7. The van der Waals surface area contributed by atoms with Crippen molar-refractivity contribution in [3.63, 3.8) is 0 Å². The molecule has 0 spiro atoms. The Hall–Kier alpha value is -3.08. The van der Waals surface area contributed by atoms with Gasteiger partial charge in [0.1, 0.15) is 5.75 Å². The van der Waals surface area contributed by atoms with Gasteiger partial charge >= 0.3 is 0 Å². The van der Waals surface area contributed by atoms with Crippen LogP contribution in [-0.2, 0) is 11.3 Å². The van der Waals surface area contributed by atoms with Crippen molar-refractivity contribution in [2.45, 2.75) is 20.4 Å². The monoisotopic (exact) mass is 336 g/mol. The number of benzene rings is 2. The molecule has 3 aromatic rings. The topological polar surface area (TPSA) is 62.4 Å². The van der Waals surface area contributed by atoms with E-state index in [2.05, 4.69) is 4.98 Å². The van der Waals surface area contributed by atoms with Crippen LogP contribution >= 0.6 is 0 Å². The van der Waals surface area contributed by atoms with Crippen molar-refractivity contribution in [3.05, 3.63) is 70.5 Å². The maximum atomic E-state index is 12.3. The largest absolute Gasteiger partial charge is 0.494 e. The number of nitrogens with zero attached hydrogens (tertiary/aromatic N) is 1. The third kappa shape index (κ3) is 3.71. The Labute approximate surface area is 145 Å². The lowest BCUT2D eigenvalue weighted by atomic mass is 10.1. The minimum atomic E-state index is -0.184. The van der Waals surface area contributed by atoms with Crippen molar-refractivity contribution in [2.24, 2.45) is 0 Å². The van der Waals surface area contributed by atoms with Crippen LogP contribution < -0.4 is 15.2 Å². The Morgan fingerprint density at radius 2 is 1.84 bits per heavy atom. The van der Waals surface area contributed by atoms with Gasteiger partial charge in [-0.05, 0) is 48.7 Å². The number of carbonyl (C=O) groups excluding carboxylic acids is 1. The molecule has 2 aromatic carbocycles. The SMILES string of the molecule is CCOc1ccc(N(Cc2cc3ccccc3[nH]c2=O)C(C)=O)cc1. The number of hydrogen-bond donors (Lipinski definition) is 1. The summed E-state index contributed by atoms with van der Waals surface area (Å²) in [6.07, 6.45) is 0. The van der Waals surface area contributed by atoms with Gasteiger partial charge in [0.25, 0.3) is 5.56 Å². The van der Waals surface area contributed by atoms with Crippen LogP contribution in [0.3, 0.4) is 0 Å². The van der Waals surface area contributed by atoms with Crippen molar-refractivity contribution in [3.8, 4) is 5.75 Å². The number of nitrogens with one attached hydrogen (secondary N) is 1. The third-order valence-electron chi connectivity index (χ3n) is 4.00. The molecule has 3 rings (SSSR count). The zero-order valence-electron chi connectivity index (χ0n) is 14.3.